The maximum absolute atomic E-state index is 5.38. The summed E-state index contributed by atoms with van der Waals surface area (Å²) in [5, 5.41) is 0. The lowest BCUT2D eigenvalue weighted by Crippen LogP contribution is -2.09. The third-order valence-electron chi connectivity index (χ3n) is 3.49. The maximum atomic E-state index is 5.38. The molecule has 18 heavy (non-hydrogen) atoms. The third-order valence-corrected chi connectivity index (χ3v) is 4.54. The first-order valence-corrected chi connectivity index (χ1v) is 7.57. The number of nitrogens with two attached hydrogens (primary N) is 1. The van der Waals surface area contributed by atoms with Crippen LogP contribution < -0.4 is 10.6 Å². The number of benzene rings is 1. The van der Waals surface area contributed by atoms with Gasteiger partial charge in [0.2, 0.25) is 0 Å². The van der Waals surface area contributed by atoms with Crippen LogP contribution >= 0.6 is 11.8 Å². The van der Waals surface area contributed by atoms with Crippen molar-refractivity contribution < 1.29 is 9.57 Å². The SMILES string of the molecule is COc1ccc(C2CCSCC2)cc1CCON. The zero-order chi connectivity index (χ0) is 12.8. The third kappa shape index (κ3) is 3.40. The van der Waals surface area contributed by atoms with Crippen molar-refractivity contribution >= 4 is 11.8 Å². The molecule has 2 N–H and O–H groups in total. The first kappa shape index (κ1) is 13.7. The van der Waals surface area contributed by atoms with Gasteiger partial charge in [-0.05, 0) is 47.5 Å². The Morgan fingerprint density at radius 3 is 2.78 bits per heavy atom. The molecule has 0 atom stereocenters. The van der Waals surface area contributed by atoms with Gasteiger partial charge >= 0.3 is 0 Å². The first-order chi connectivity index (χ1) is 8.85. The average Bonchev–Trinajstić information content (AvgIpc) is 2.45. The van der Waals surface area contributed by atoms with E-state index in [0.717, 1.165) is 12.2 Å². The van der Waals surface area contributed by atoms with Crippen molar-refractivity contribution in [3.05, 3.63) is 29.3 Å². The van der Waals surface area contributed by atoms with Gasteiger partial charge in [0.25, 0.3) is 0 Å². The molecule has 3 nitrogen and oxygen atoms in total. The highest BCUT2D eigenvalue weighted by molar-refractivity contribution is 7.99. The van der Waals surface area contributed by atoms with E-state index < -0.39 is 0 Å². The minimum Gasteiger partial charge on any atom is -0.496 e. The van der Waals surface area contributed by atoms with E-state index in [-0.39, 0.29) is 0 Å². The Labute approximate surface area is 113 Å². The van der Waals surface area contributed by atoms with E-state index in [1.54, 1.807) is 7.11 Å². The Morgan fingerprint density at radius 2 is 2.11 bits per heavy atom. The molecule has 0 aliphatic carbocycles. The van der Waals surface area contributed by atoms with E-state index in [4.69, 9.17) is 10.6 Å². The molecule has 1 aromatic carbocycles. The number of methoxy groups -OCH3 is 1. The van der Waals surface area contributed by atoms with Crippen LogP contribution in [0.1, 0.15) is 29.9 Å². The van der Waals surface area contributed by atoms with Crippen LogP contribution in [0.4, 0.5) is 0 Å². The van der Waals surface area contributed by atoms with Gasteiger partial charge < -0.3 is 9.57 Å². The molecule has 1 aliphatic heterocycles. The van der Waals surface area contributed by atoms with Crippen LogP contribution in [-0.4, -0.2) is 25.2 Å². The van der Waals surface area contributed by atoms with Gasteiger partial charge in [0, 0.05) is 6.42 Å². The van der Waals surface area contributed by atoms with Crippen LogP contribution in [0.25, 0.3) is 0 Å². The lowest BCUT2D eigenvalue weighted by molar-refractivity contribution is 0.140. The summed E-state index contributed by atoms with van der Waals surface area (Å²) in [6.45, 7) is 0.528. The molecule has 2 rings (SSSR count). The molecule has 0 spiro atoms. The smallest absolute Gasteiger partial charge is 0.122 e. The van der Waals surface area contributed by atoms with Gasteiger partial charge in [-0.15, -0.1) is 0 Å². The highest BCUT2D eigenvalue weighted by atomic mass is 32.2. The predicted octanol–water partition coefficient (Wildman–Crippen LogP) is 2.74. The van der Waals surface area contributed by atoms with Gasteiger partial charge in [0.15, 0.2) is 0 Å². The minimum absolute atomic E-state index is 0.528. The largest absolute Gasteiger partial charge is 0.496 e. The zero-order valence-corrected chi connectivity index (χ0v) is 11.7. The Balaban J connectivity index is 2.15. The lowest BCUT2D eigenvalue weighted by Gasteiger charge is -2.22. The number of hydrogen-bond acceptors (Lipinski definition) is 4. The van der Waals surface area contributed by atoms with Crippen molar-refractivity contribution in [2.45, 2.75) is 25.2 Å². The standard InChI is InChI=1S/C14H21NO2S/c1-16-14-3-2-12(10-13(14)4-7-17-15)11-5-8-18-9-6-11/h2-3,10-11H,4-9,15H2,1H3. The molecule has 1 aromatic rings. The van der Waals surface area contributed by atoms with E-state index in [2.05, 4.69) is 34.8 Å². The van der Waals surface area contributed by atoms with Crippen molar-refractivity contribution in [3.8, 4) is 5.75 Å². The lowest BCUT2D eigenvalue weighted by atomic mass is 9.91. The molecular formula is C14H21NO2S. The molecule has 0 aromatic heterocycles. The molecule has 0 bridgehead atoms. The topological polar surface area (TPSA) is 44.5 Å². The molecule has 1 saturated heterocycles. The predicted molar refractivity (Wildman–Crippen MR) is 76.1 cm³/mol. The summed E-state index contributed by atoms with van der Waals surface area (Å²) in [4.78, 5) is 4.67. The molecule has 0 amide bonds. The van der Waals surface area contributed by atoms with Crippen LogP contribution in [-0.2, 0) is 11.3 Å². The number of thioether (sulfide) groups is 1. The van der Waals surface area contributed by atoms with E-state index in [0.29, 0.717) is 12.5 Å². The number of rotatable bonds is 5. The number of ether oxygens (including phenoxy) is 1. The minimum atomic E-state index is 0.528. The molecule has 0 radical (unpaired) electrons. The van der Waals surface area contributed by atoms with Crippen molar-refractivity contribution in [2.75, 3.05) is 25.2 Å². The average molecular weight is 267 g/mol. The van der Waals surface area contributed by atoms with Crippen molar-refractivity contribution in [1.29, 1.82) is 0 Å². The van der Waals surface area contributed by atoms with E-state index in [1.807, 2.05) is 0 Å². The Morgan fingerprint density at radius 1 is 1.33 bits per heavy atom. The number of hydrogen-bond donors (Lipinski definition) is 1. The molecule has 0 unspecified atom stereocenters. The quantitative estimate of drug-likeness (QED) is 0.833. The van der Waals surface area contributed by atoms with Gasteiger partial charge in [0.1, 0.15) is 5.75 Å². The monoisotopic (exact) mass is 267 g/mol. The summed E-state index contributed by atoms with van der Waals surface area (Å²) in [7, 11) is 1.71. The maximum Gasteiger partial charge on any atom is 0.122 e. The van der Waals surface area contributed by atoms with Gasteiger partial charge in [-0.25, -0.2) is 5.90 Å². The zero-order valence-electron chi connectivity index (χ0n) is 10.9. The Hall–Kier alpha value is -0.710. The summed E-state index contributed by atoms with van der Waals surface area (Å²) >= 11 is 2.06. The fourth-order valence-corrected chi connectivity index (χ4v) is 3.55. The van der Waals surface area contributed by atoms with Crippen LogP contribution in [0.15, 0.2) is 18.2 Å². The summed E-state index contributed by atoms with van der Waals surface area (Å²) in [5.41, 5.74) is 2.63. The highest BCUT2D eigenvalue weighted by Crippen LogP contribution is 2.33. The molecule has 4 heteroatoms. The Bertz CT molecular complexity index is 378. The molecule has 1 fully saturated rings. The van der Waals surface area contributed by atoms with Gasteiger partial charge in [0.05, 0.1) is 13.7 Å². The van der Waals surface area contributed by atoms with Crippen LogP contribution in [0.3, 0.4) is 0 Å². The van der Waals surface area contributed by atoms with E-state index >= 15 is 0 Å². The summed E-state index contributed by atoms with van der Waals surface area (Å²) in [6.07, 6.45) is 3.36. The van der Waals surface area contributed by atoms with E-state index in [9.17, 15) is 0 Å². The van der Waals surface area contributed by atoms with Crippen molar-refractivity contribution in [2.24, 2.45) is 5.90 Å². The van der Waals surface area contributed by atoms with Crippen LogP contribution in [0, 0.1) is 0 Å². The molecule has 1 aliphatic rings. The normalized spacial score (nSPS) is 16.8. The second-order valence-electron chi connectivity index (χ2n) is 4.58. The van der Waals surface area contributed by atoms with Gasteiger partial charge in [-0.1, -0.05) is 12.1 Å². The summed E-state index contributed by atoms with van der Waals surface area (Å²) < 4.78 is 5.38. The Kier molecular flexibility index (Phi) is 5.35. The van der Waals surface area contributed by atoms with Crippen molar-refractivity contribution in [1.82, 2.24) is 0 Å². The molecular weight excluding hydrogens is 246 g/mol. The van der Waals surface area contributed by atoms with Crippen LogP contribution in [0.5, 0.6) is 5.75 Å². The highest BCUT2D eigenvalue weighted by Gasteiger charge is 2.17. The molecule has 1 heterocycles. The molecule has 0 saturated carbocycles. The summed E-state index contributed by atoms with van der Waals surface area (Å²) in [6, 6.07) is 6.54. The van der Waals surface area contributed by atoms with E-state index in [1.165, 1.54) is 35.5 Å². The van der Waals surface area contributed by atoms with Crippen LogP contribution in [0.2, 0.25) is 0 Å². The fraction of sp³-hybridized carbons (Fsp3) is 0.571. The van der Waals surface area contributed by atoms with Gasteiger partial charge in [-0.3, -0.25) is 0 Å². The second-order valence-corrected chi connectivity index (χ2v) is 5.80. The first-order valence-electron chi connectivity index (χ1n) is 6.41. The van der Waals surface area contributed by atoms with Crippen molar-refractivity contribution in [3.63, 3.8) is 0 Å². The fourth-order valence-electron chi connectivity index (χ4n) is 2.45. The van der Waals surface area contributed by atoms with Gasteiger partial charge in [-0.2, -0.15) is 11.8 Å². The second kappa shape index (κ2) is 7.02. The molecule has 100 valence electrons. The summed E-state index contributed by atoms with van der Waals surface area (Å²) in [5.74, 6) is 9.29.